The number of benzene rings is 1. The van der Waals surface area contributed by atoms with Gasteiger partial charge < -0.3 is 9.88 Å². The third kappa shape index (κ3) is 2.38. The predicted octanol–water partition coefficient (Wildman–Crippen LogP) is 3.06. The van der Waals surface area contributed by atoms with Crippen LogP contribution in [0.2, 0.25) is 0 Å². The Bertz CT molecular complexity index is 1210. The number of pyridine rings is 1. The molecule has 0 radical (unpaired) electrons. The molecule has 0 fully saturated rings. The summed E-state index contributed by atoms with van der Waals surface area (Å²) in [7, 11) is 1.74. The smallest absolute Gasteiger partial charge is 0.272 e. The second kappa shape index (κ2) is 5.84. The molecule has 0 saturated carbocycles. The second-order valence-electron chi connectivity index (χ2n) is 6.39. The Morgan fingerprint density at radius 3 is 2.54 bits per heavy atom. The van der Waals surface area contributed by atoms with Gasteiger partial charge in [-0.15, -0.1) is 0 Å². The highest BCUT2D eigenvalue weighted by Crippen LogP contribution is 2.22. The fourth-order valence-electron chi connectivity index (χ4n) is 3.23. The molecule has 3 heterocycles. The van der Waals surface area contributed by atoms with E-state index in [0.29, 0.717) is 22.4 Å². The first kappa shape index (κ1) is 16.1. The molecule has 0 bridgehead atoms. The van der Waals surface area contributed by atoms with Gasteiger partial charge in [0.25, 0.3) is 11.5 Å². The zero-order valence-electron chi connectivity index (χ0n) is 14.8. The van der Waals surface area contributed by atoms with Crippen molar-refractivity contribution in [3.8, 4) is 0 Å². The molecule has 0 unspecified atom stereocenters. The van der Waals surface area contributed by atoms with E-state index in [0.717, 1.165) is 16.8 Å². The highest BCUT2D eigenvalue weighted by Gasteiger charge is 2.18. The van der Waals surface area contributed by atoms with Crippen LogP contribution in [-0.4, -0.2) is 19.9 Å². The summed E-state index contributed by atoms with van der Waals surface area (Å²) in [4.78, 5) is 30.1. The minimum absolute atomic E-state index is 0.188. The number of hydrogen-bond acceptors (Lipinski definition) is 3. The largest absolute Gasteiger partial charge is 0.324 e. The first-order chi connectivity index (χ1) is 12.5. The molecular formula is C20H18N4O2. The van der Waals surface area contributed by atoms with Crippen molar-refractivity contribution in [1.82, 2.24) is 14.0 Å². The summed E-state index contributed by atoms with van der Waals surface area (Å²) in [5.41, 5.74) is 4.01. The zero-order valence-corrected chi connectivity index (χ0v) is 14.8. The van der Waals surface area contributed by atoms with Crippen molar-refractivity contribution in [3.05, 3.63) is 75.8 Å². The Balaban J connectivity index is 1.86. The number of nitrogens with one attached hydrogen (secondary N) is 1. The maximum absolute atomic E-state index is 12.8. The standard InChI is InChI=1S/C20H18N4O2/c1-12-7-6-8-13(2)17(12)22-19(25)15-11-14-18(23(15)3)21-16-9-4-5-10-24(16)20(14)26/h4-11H,1-3H3,(H,22,25). The van der Waals surface area contributed by atoms with Gasteiger partial charge in [0.15, 0.2) is 0 Å². The average molecular weight is 346 g/mol. The number of fused-ring (bicyclic) bond motifs is 2. The minimum atomic E-state index is -0.267. The van der Waals surface area contributed by atoms with Crippen LogP contribution in [0.15, 0.2) is 53.5 Å². The highest BCUT2D eigenvalue weighted by atomic mass is 16.2. The zero-order chi connectivity index (χ0) is 18.4. The Morgan fingerprint density at radius 2 is 1.81 bits per heavy atom. The van der Waals surface area contributed by atoms with Gasteiger partial charge in [-0.3, -0.25) is 14.0 Å². The van der Waals surface area contributed by atoms with Gasteiger partial charge in [-0.1, -0.05) is 24.3 Å². The lowest BCUT2D eigenvalue weighted by molar-refractivity contribution is 0.101. The van der Waals surface area contributed by atoms with Crippen molar-refractivity contribution in [2.45, 2.75) is 13.8 Å². The van der Waals surface area contributed by atoms with E-state index in [1.807, 2.05) is 38.1 Å². The van der Waals surface area contributed by atoms with Crippen molar-refractivity contribution in [2.75, 3.05) is 5.32 Å². The molecule has 3 aromatic heterocycles. The fourth-order valence-corrected chi connectivity index (χ4v) is 3.23. The van der Waals surface area contributed by atoms with E-state index in [4.69, 9.17) is 0 Å². The van der Waals surface area contributed by atoms with Crippen molar-refractivity contribution in [3.63, 3.8) is 0 Å². The van der Waals surface area contributed by atoms with E-state index in [1.165, 1.54) is 4.40 Å². The molecule has 0 aliphatic rings. The van der Waals surface area contributed by atoms with Crippen LogP contribution in [-0.2, 0) is 7.05 Å². The van der Waals surface area contributed by atoms with Crippen LogP contribution in [0.1, 0.15) is 21.6 Å². The van der Waals surface area contributed by atoms with E-state index < -0.39 is 0 Å². The lowest BCUT2D eigenvalue weighted by Crippen LogP contribution is -2.17. The number of para-hydroxylation sites is 1. The van der Waals surface area contributed by atoms with Crippen LogP contribution in [0.5, 0.6) is 0 Å². The SMILES string of the molecule is Cc1cccc(C)c1NC(=O)c1cc2c(=O)n3ccccc3nc2n1C. The van der Waals surface area contributed by atoms with Crippen molar-refractivity contribution < 1.29 is 4.79 Å². The van der Waals surface area contributed by atoms with E-state index in [-0.39, 0.29) is 11.5 Å². The van der Waals surface area contributed by atoms with Crippen LogP contribution in [0.4, 0.5) is 5.69 Å². The summed E-state index contributed by atoms with van der Waals surface area (Å²) in [5, 5.41) is 3.38. The lowest BCUT2D eigenvalue weighted by atomic mass is 10.1. The number of hydrogen-bond donors (Lipinski definition) is 1. The number of carbonyl (C=O) groups excluding carboxylic acids is 1. The predicted molar refractivity (Wildman–Crippen MR) is 102 cm³/mol. The number of anilines is 1. The van der Waals surface area contributed by atoms with Gasteiger partial charge in [-0.25, -0.2) is 4.98 Å². The Hall–Kier alpha value is -3.41. The lowest BCUT2D eigenvalue weighted by Gasteiger charge is -2.11. The molecule has 6 nitrogen and oxygen atoms in total. The Labute approximate surface area is 149 Å². The first-order valence-corrected chi connectivity index (χ1v) is 8.32. The van der Waals surface area contributed by atoms with Crippen LogP contribution in [0.25, 0.3) is 16.7 Å². The number of aryl methyl sites for hydroxylation is 3. The van der Waals surface area contributed by atoms with Gasteiger partial charge in [-0.05, 0) is 43.2 Å². The number of amides is 1. The van der Waals surface area contributed by atoms with E-state index >= 15 is 0 Å². The fraction of sp³-hybridized carbons (Fsp3) is 0.150. The minimum Gasteiger partial charge on any atom is -0.324 e. The quantitative estimate of drug-likeness (QED) is 0.606. The number of carbonyl (C=O) groups is 1. The molecule has 0 atom stereocenters. The van der Waals surface area contributed by atoms with Gasteiger partial charge >= 0.3 is 0 Å². The summed E-state index contributed by atoms with van der Waals surface area (Å²) < 4.78 is 3.14. The molecule has 0 aliphatic carbocycles. The molecule has 4 aromatic rings. The maximum atomic E-state index is 12.8. The monoisotopic (exact) mass is 346 g/mol. The van der Waals surface area contributed by atoms with E-state index in [1.54, 1.807) is 36.0 Å². The maximum Gasteiger partial charge on any atom is 0.272 e. The van der Waals surface area contributed by atoms with Gasteiger partial charge in [-0.2, -0.15) is 0 Å². The normalized spacial score (nSPS) is 11.2. The molecule has 1 amide bonds. The third-order valence-electron chi connectivity index (χ3n) is 4.66. The van der Waals surface area contributed by atoms with Crippen molar-refractivity contribution in [1.29, 1.82) is 0 Å². The number of aromatic nitrogens is 3. The molecule has 1 aromatic carbocycles. The van der Waals surface area contributed by atoms with Crippen LogP contribution in [0, 0.1) is 13.8 Å². The molecule has 26 heavy (non-hydrogen) atoms. The highest BCUT2D eigenvalue weighted by molar-refractivity contribution is 6.06. The van der Waals surface area contributed by atoms with Crippen LogP contribution < -0.4 is 10.9 Å². The molecule has 0 saturated heterocycles. The first-order valence-electron chi connectivity index (χ1n) is 8.32. The average Bonchev–Trinajstić information content (AvgIpc) is 2.96. The summed E-state index contributed by atoms with van der Waals surface area (Å²) in [5.74, 6) is -0.267. The molecule has 4 rings (SSSR count). The van der Waals surface area contributed by atoms with Gasteiger partial charge in [0, 0.05) is 18.9 Å². The summed E-state index contributed by atoms with van der Waals surface area (Å²) in [6.07, 6.45) is 1.67. The summed E-state index contributed by atoms with van der Waals surface area (Å²) >= 11 is 0. The van der Waals surface area contributed by atoms with Crippen molar-refractivity contribution in [2.24, 2.45) is 7.05 Å². The third-order valence-corrected chi connectivity index (χ3v) is 4.66. The van der Waals surface area contributed by atoms with E-state index in [9.17, 15) is 9.59 Å². The molecular weight excluding hydrogens is 328 g/mol. The second-order valence-corrected chi connectivity index (χ2v) is 6.39. The number of rotatable bonds is 2. The Kier molecular flexibility index (Phi) is 3.61. The van der Waals surface area contributed by atoms with Crippen LogP contribution >= 0.6 is 0 Å². The number of nitrogens with zero attached hydrogens (tertiary/aromatic N) is 3. The summed E-state index contributed by atoms with van der Waals surface area (Å²) in [6.45, 7) is 3.90. The molecule has 1 N–H and O–H groups in total. The molecule has 0 spiro atoms. The topological polar surface area (TPSA) is 68.4 Å². The molecule has 130 valence electrons. The van der Waals surface area contributed by atoms with E-state index in [2.05, 4.69) is 10.3 Å². The molecule has 6 heteroatoms. The van der Waals surface area contributed by atoms with Crippen LogP contribution in [0.3, 0.4) is 0 Å². The van der Waals surface area contributed by atoms with Gasteiger partial charge in [0.2, 0.25) is 0 Å². The summed E-state index contributed by atoms with van der Waals surface area (Å²) in [6, 6.07) is 12.8. The van der Waals surface area contributed by atoms with Gasteiger partial charge in [0.1, 0.15) is 17.0 Å². The van der Waals surface area contributed by atoms with Crippen molar-refractivity contribution >= 4 is 28.3 Å². The molecule has 0 aliphatic heterocycles. The Morgan fingerprint density at radius 1 is 1.08 bits per heavy atom. The van der Waals surface area contributed by atoms with Gasteiger partial charge in [0.05, 0.1) is 5.39 Å².